The molecule has 0 saturated carbocycles. The fourth-order valence-electron chi connectivity index (χ4n) is 2.38. The quantitative estimate of drug-likeness (QED) is 0.662. The maximum atomic E-state index is 12.3. The van der Waals surface area contributed by atoms with Gasteiger partial charge in [-0.2, -0.15) is 5.10 Å². The van der Waals surface area contributed by atoms with Gasteiger partial charge in [-0.15, -0.1) is 0 Å². The zero-order chi connectivity index (χ0) is 18.5. The second-order valence-corrected chi connectivity index (χ2v) is 6.61. The lowest BCUT2D eigenvalue weighted by Gasteiger charge is -2.13. The van der Waals surface area contributed by atoms with Gasteiger partial charge in [-0.05, 0) is 49.4 Å². The van der Waals surface area contributed by atoms with Crippen LogP contribution in [0, 0.1) is 0 Å². The van der Waals surface area contributed by atoms with Gasteiger partial charge in [0.1, 0.15) is 6.04 Å². The molecule has 2 N–H and O–H groups in total. The Labute approximate surface area is 159 Å². The molecule has 1 unspecified atom stereocenters. The second kappa shape index (κ2) is 7.97. The number of benzene rings is 2. The van der Waals surface area contributed by atoms with Gasteiger partial charge in [0.2, 0.25) is 5.91 Å². The molecular formula is C19H17BrN4O2. The monoisotopic (exact) mass is 412 g/mol. The number of amides is 2. The molecule has 3 rings (SSSR count). The van der Waals surface area contributed by atoms with Gasteiger partial charge in [0.05, 0.1) is 0 Å². The van der Waals surface area contributed by atoms with Gasteiger partial charge < -0.3 is 10.6 Å². The average molecular weight is 413 g/mol. The molecule has 0 aliphatic rings. The molecule has 1 heterocycles. The van der Waals surface area contributed by atoms with Crippen LogP contribution in [0.4, 0.5) is 11.4 Å². The highest BCUT2D eigenvalue weighted by Crippen LogP contribution is 2.19. The van der Waals surface area contributed by atoms with Crippen LogP contribution in [0.5, 0.6) is 0 Å². The second-order valence-electron chi connectivity index (χ2n) is 5.70. The summed E-state index contributed by atoms with van der Waals surface area (Å²) in [5.41, 5.74) is 1.74. The van der Waals surface area contributed by atoms with E-state index in [2.05, 4.69) is 31.7 Å². The Hall–Kier alpha value is -2.93. The summed E-state index contributed by atoms with van der Waals surface area (Å²) in [7, 11) is 0. The lowest BCUT2D eigenvalue weighted by atomic mass is 10.2. The highest BCUT2D eigenvalue weighted by molar-refractivity contribution is 9.10. The van der Waals surface area contributed by atoms with Gasteiger partial charge in [0.25, 0.3) is 5.91 Å². The molecule has 2 amide bonds. The van der Waals surface area contributed by atoms with Crippen molar-refractivity contribution < 1.29 is 9.59 Å². The van der Waals surface area contributed by atoms with Crippen molar-refractivity contribution in [1.29, 1.82) is 0 Å². The van der Waals surface area contributed by atoms with E-state index in [-0.39, 0.29) is 11.8 Å². The minimum atomic E-state index is -0.440. The number of halogens is 1. The molecule has 1 atom stereocenters. The van der Waals surface area contributed by atoms with E-state index < -0.39 is 6.04 Å². The number of anilines is 2. The molecule has 0 radical (unpaired) electrons. The van der Waals surface area contributed by atoms with E-state index in [1.807, 2.05) is 6.07 Å². The Balaban J connectivity index is 1.68. The molecule has 0 aliphatic heterocycles. The number of carbonyl (C=O) groups is 2. The lowest BCUT2D eigenvalue weighted by Crippen LogP contribution is -2.24. The largest absolute Gasteiger partial charge is 0.324 e. The van der Waals surface area contributed by atoms with Crippen molar-refractivity contribution in [3.63, 3.8) is 0 Å². The summed E-state index contributed by atoms with van der Waals surface area (Å²) in [5.74, 6) is -0.413. The Morgan fingerprint density at radius 1 is 1.04 bits per heavy atom. The van der Waals surface area contributed by atoms with Gasteiger partial charge in [-0.1, -0.05) is 28.1 Å². The molecule has 2 aromatic carbocycles. The summed E-state index contributed by atoms with van der Waals surface area (Å²) in [6.07, 6.45) is 3.36. The van der Waals surface area contributed by atoms with Crippen LogP contribution in [-0.4, -0.2) is 21.6 Å². The van der Waals surface area contributed by atoms with Crippen LogP contribution in [0.3, 0.4) is 0 Å². The molecule has 0 saturated heterocycles. The van der Waals surface area contributed by atoms with Crippen molar-refractivity contribution >= 4 is 39.1 Å². The Morgan fingerprint density at radius 2 is 1.77 bits per heavy atom. The summed E-state index contributed by atoms with van der Waals surface area (Å²) in [6.45, 7) is 1.77. The van der Waals surface area contributed by atoms with Crippen LogP contribution in [0.2, 0.25) is 0 Å². The van der Waals surface area contributed by atoms with E-state index in [1.54, 1.807) is 72.5 Å². The number of aromatic nitrogens is 2. The third-order valence-corrected chi connectivity index (χ3v) is 4.27. The van der Waals surface area contributed by atoms with Crippen LogP contribution in [-0.2, 0) is 4.79 Å². The predicted octanol–water partition coefficient (Wildman–Crippen LogP) is 4.10. The molecule has 0 fully saturated rings. The van der Waals surface area contributed by atoms with Crippen molar-refractivity contribution in [3.8, 4) is 0 Å². The molecule has 132 valence electrons. The van der Waals surface area contributed by atoms with Crippen molar-refractivity contribution in [3.05, 3.63) is 77.0 Å². The van der Waals surface area contributed by atoms with Gasteiger partial charge in [-0.25, -0.2) is 0 Å². The Kier molecular flexibility index (Phi) is 5.48. The maximum absolute atomic E-state index is 12.3. The average Bonchev–Trinajstić information content (AvgIpc) is 3.16. The van der Waals surface area contributed by atoms with Crippen LogP contribution in [0.15, 0.2) is 71.5 Å². The van der Waals surface area contributed by atoms with Crippen LogP contribution >= 0.6 is 15.9 Å². The highest BCUT2D eigenvalue weighted by atomic mass is 79.9. The van der Waals surface area contributed by atoms with Gasteiger partial charge in [-0.3, -0.25) is 14.3 Å². The number of hydrogen-bond donors (Lipinski definition) is 2. The summed E-state index contributed by atoms with van der Waals surface area (Å²) in [6, 6.07) is 15.5. The molecule has 0 spiro atoms. The zero-order valence-corrected chi connectivity index (χ0v) is 15.6. The fourth-order valence-corrected chi connectivity index (χ4v) is 2.78. The van der Waals surface area contributed by atoms with E-state index in [4.69, 9.17) is 0 Å². The molecule has 3 aromatic rings. The van der Waals surface area contributed by atoms with Crippen molar-refractivity contribution in [2.45, 2.75) is 13.0 Å². The smallest absolute Gasteiger partial charge is 0.255 e. The molecular weight excluding hydrogens is 396 g/mol. The van der Waals surface area contributed by atoms with Crippen LogP contribution < -0.4 is 10.6 Å². The third-order valence-electron chi connectivity index (χ3n) is 3.78. The minimum absolute atomic E-state index is 0.191. The number of nitrogens with zero attached hydrogens (tertiary/aromatic N) is 2. The van der Waals surface area contributed by atoms with Gasteiger partial charge in [0.15, 0.2) is 0 Å². The standard InChI is InChI=1S/C19H17BrN4O2/c1-13(24-10-4-9-21-24)18(25)22-16-7-3-8-17(12-16)23-19(26)14-5-2-6-15(20)11-14/h2-13H,1H3,(H,22,25)(H,23,26). The lowest BCUT2D eigenvalue weighted by molar-refractivity contribution is -0.119. The topological polar surface area (TPSA) is 76.0 Å². The number of nitrogens with one attached hydrogen (secondary N) is 2. The molecule has 0 aliphatic carbocycles. The maximum Gasteiger partial charge on any atom is 0.255 e. The van der Waals surface area contributed by atoms with Crippen molar-refractivity contribution in [1.82, 2.24) is 9.78 Å². The highest BCUT2D eigenvalue weighted by Gasteiger charge is 2.15. The van der Waals surface area contributed by atoms with Gasteiger partial charge >= 0.3 is 0 Å². The van der Waals surface area contributed by atoms with Crippen molar-refractivity contribution in [2.24, 2.45) is 0 Å². The summed E-state index contributed by atoms with van der Waals surface area (Å²) >= 11 is 3.35. The first-order valence-corrected chi connectivity index (χ1v) is 8.79. The number of hydrogen-bond acceptors (Lipinski definition) is 3. The number of rotatable bonds is 5. The van der Waals surface area contributed by atoms with Crippen LogP contribution in [0.1, 0.15) is 23.3 Å². The zero-order valence-electron chi connectivity index (χ0n) is 14.0. The number of carbonyl (C=O) groups excluding carboxylic acids is 2. The first-order chi connectivity index (χ1) is 12.5. The fraction of sp³-hybridized carbons (Fsp3) is 0.105. The first kappa shape index (κ1) is 17.9. The summed E-state index contributed by atoms with van der Waals surface area (Å²) in [5, 5.41) is 9.73. The van der Waals surface area contributed by atoms with Crippen molar-refractivity contribution in [2.75, 3.05) is 10.6 Å². The molecule has 0 bridgehead atoms. The molecule has 1 aromatic heterocycles. The molecule has 7 heteroatoms. The first-order valence-electron chi connectivity index (χ1n) is 8.00. The third kappa shape index (κ3) is 4.37. The Bertz CT molecular complexity index is 925. The van der Waals surface area contributed by atoms with E-state index in [0.717, 1.165) is 4.47 Å². The predicted molar refractivity (Wildman–Crippen MR) is 104 cm³/mol. The normalized spacial score (nSPS) is 11.6. The van der Waals surface area contributed by atoms with E-state index >= 15 is 0 Å². The molecule has 6 nitrogen and oxygen atoms in total. The van der Waals surface area contributed by atoms with Gasteiger partial charge in [0, 0.05) is 33.8 Å². The van der Waals surface area contributed by atoms with E-state index in [0.29, 0.717) is 16.9 Å². The van der Waals surface area contributed by atoms with E-state index in [9.17, 15) is 9.59 Å². The molecule has 26 heavy (non-hydrogen) atoms. The van der Waals surface area contributed by atoms with Crippen LogP contribution in [0.25, 0.3) is 0 Å². The van der Waals surface area contributed by atoms with E-state index in [1.165, 1.54) is 0 Å². The Morgan fingerprint density at radius 3 is 2.46 bits per heavy atom. The SMILES string of the molecule is CC(C(=O)Nc1cccc(NC(=O)c2cccc(Br)c2)c1)n1cccn1. The minimum Gasteiger partial charge on any atom is -0.324 e. The summed E-state index contributed by atoms with van der Waals surface area (Å²) < 4.78 is 2.41. The summed E-state index contributed by atoms with van der Waals surface area (Å²) in [4.78, 5) is 24.7.